The zero-order valence-corrected chi connectivity index (χ0v) is 19.7. The van der Waals surface area contributed by atoms with E-state index in [-0.39, 0.29) is 12.8 Å². The summed E-state index contributed by atoms with van der Waals surface area (Å²) in [5.41, 5.74) is 8.13. The Kier molecular flexibility index (Phi) is 9.32. The van der Waals surface area contributed by atoms with Crippen molar-refractivity contribution in [3.63, 3.8) is 0 Å². The van der Waals surface area contributed by atoms with Crippen molar-refractivity contribution in [2.24, 2.45) is 5.73 Å². The number of aromatic amines is 2. The first-order valence-electron chi connectivity index (χ1n) is 11.4. The van der Waals surface area contributed by atoms with E-state index in [1.54, 1.807) is 6.20 Å². The zero-order chi connectivity index (χ0) is 26.9. The number of fused-ring (bicyclic) bond motifs is 1. The first-order chi connectivity index (χ1) is 17.7. The number of imidazole rings is 1. The monoisotopic (exact) mass is 515 g/mol. The van der Waals surface area contributed by atoms with Crippen LogP contribution >= 0.6 is 0 Å². The molecule has 14 nitrogen and oxygen atoms in total. The fourth-order valence-electron chi connectivity index (χ4n) is 3.66. The molecule has 4 atom stereocenters. The second-order valence-corrected chi connectivity index (χ2v) is 8.34. The molecule has 0 fully saturated rings. The third-order valence-corrected chi connectivity index (χ3v) is 5.68. The number of carbonyl (C=O) groups is 4. The molecule has 1 aromatic carbocycles. The number of aliphatic hydroxyl groups is 2. The van der Waals surface area contributed by atoms with Crippen LogP contribution in [0.15, 0.2) is 43.0 Å². The highest BCUT2D eigenvalue weighted by Crippen LogP contribution is 2.18. The van der Waals surface area contributed by atoms with E-state index in [0.717, 1.165) is 16.5 Å². The second kappa shape index (κ2) is 12.6. The van der Waals surface area contributed by atoms with Crippen LogP contribution in [0, 0.1) is 0 Å². The van der Waals surface area contributed by atoms with Gasteiger partial charge in [0.15, 0.2) is 0 Å². The van der Waals surface area contributed by atoms with Gasteiger partial charge in [-0.2, -0.15) is 0 Å². The van der Waals surface area contributed by atoms with Crippen molar-refractivity contribution < 1.29 is 34.5 Å². The SMILES string of the molecule is NC(Cc1c[nH]c2ccccc12)C(=O)NC(CO)C(=O)NC(CO)C(=O)NC(Cc1cnc[nH]1)C(=O)O. The van der Waals surface area contributed by atoms with Crippen molar-refractivity contribution in [1.29, 1.82) is 0 Å². The highest BCUT2D eigenvalue weighted by molar-refractivity contribution is 5.94. The van der Waals surface area contributed by atoms with Crippen molar-refractivity contribution in [2.45, 2.75) is 37.0 Å². The van der Waals surface area contributed by atoms with E-state index in [0.29, 0.717) is 5.69 Å². The summed E-state index contributed by atoms with van der Waals surface area (Å²) in [5.74, 6) is -3.99. The molecule has 0 aliphatic carbocycles. The van der Waals surface area contributed by atoms with Crippen LogP contribution in [0.3, 0.4) is 0 Å². The number of nitrogens with one attached hydrogen (secondary N) is 5. The number of carboxylic acids is 1. The molecule has 3 aromatic rings. The molecule has 0 saturated carbocycles. The lowest BCUT2D eigenvalue weighted by Crippen LogP contribution is -2.59. The minimum atomic E-state index is -1.54. The van der Waals surface area contributed by atoms with E-state index in [1.807, 2.05) is 24.3 Å². The second-order valence-electron chi connectivity index (χ2n) is 8.34. The number of H-pyrrole nitrogens is 2. The lowest BCUT2D eigenvalue weighted by atomic mass is 10.0. The van der Waals surface area contributed by atoms with Crippen LogP contribution in [0.1, 0.15) is 11.3 Å². The van der Waals surface area contributed by atoms with Crippen molar-refractivity contribution in [3.8, 4) is 0 Å². The molecule has 14 heteroatoms. The average Bonchev–Trinajstić information content (AvgIpc) is 3.55. The molecular weight excluding hydrogens is 486 g/mol. The van der Waals surface area contributed by atoms with E-state index in [4.69, 9.17) is 5.73 Å². The van der Waals surface area contributed by atoms with Gasteiger partial charge in [-0.25, -0.2) is 9.78 Å². The smallest absolute Gasteiger partial charge is 0.326 e. The van der Waals surface area contributed by atoms with Gasteiger partial charge in [0.2, 0.25) is 17.7 Å². The van der Waals surface area contributed by atoms with Crippen molar-refractivity contribution in [2.75, 3.05) is 13.2 Å². The molecular formula is C23H29N7O7. The molecule has 0 spiro atoms. The quantitative estimate of drug-likeness (QED) is 0.117. The molecule has 3 rings (SSSR count). The predicted molar refractivity (Wildman–Crippen MR) is 130 cm³/mol. The molecule has 37 heavy (non-hydrogen) atoms. The van der Waals surface area contributed by atoms with Crippen LogP contribution in [-0.2, 0) is 32.0 Å². The van der Waals surface area contributed by atoms with Crippen molar-refractivity contribution in [1.82, 2.24) is 30.9 Å². The third-order valence-electron chi connectivity index (χ3n) is 5.68. The van der Waals surface area contributed by atoms with Gasteiger partial charge in [0.25, 0.3) is 0 Å². The maximum atomic E-state index is 12.6. The van der Waals surface area contributed by atoms with Crippen LogP contribution in [0.5, 0.6) is 0 Å². The number of rotatable bonds is 13. The number of amides is 3. The summed E-state index contributed by atoms with van der Waals surface area (Å²) in [4.78, 5) is 58.9. The van der Waals surface area contributed by atoms with Gasteiger partial charge in [-0.15, -0.1) is 0 Å². The summed E-state index contributed by atoms with van der Waals surface area (Å²) in [7, 11) is 0. The number of carboxylic acid groups (broad SMARTS) is 1. The number of hydrogen-bond donors (Lipinski definition) is 9. The molecule has 0 aliphatic rings. The molecule has 4 unspecified atom stereocenters. The highest BCUT2D eigenvalue weighted by Gasteiger charge is 2.30. The molecule has 0 bridgehead atoms. The highest BCUT2D eigenvalue weighted by atomic mass is 16.4. The molecule has 2 aromatic heterocycles. The van der Waals surface area contributed by atoms with E-state index < -0.39 is 61.1 Å². The minimum absolute atomic E-state index is 0.114. The molecule has 198 valence electrons. The van der Waals surface area contributed by atoms with Crippen LogP contribution in [-0.4, -0.2) is 91.3 Å². The fraction of sp³-hybridized carbons (Fsp3) is 0.348. The third kappa shape index (κ3) is 7.13. The Morgan fingerprint density at radius 1 is 0.892 bits per heavy atom. The van der Waals surface area contributed by atoms with Gasteiger partial charge in [0.05, 0.1) is 25.6 Å². The number of nitrogens with two attached hydrogens (primary N) is 1. The lowest BCUT2D eigenvalue weighted by Gasteiger charge is -2.23. The van der Waals surface area contributed by atoms with Gasteiger partial charge >= 0.3 is 5.97 Å². The molecule has 2 heterocycles. The van der Waals surface area contributed by atoms with Crippen LogP contribution in [0.2, 0.25) is 0 Å². The van der Waals surface area contributed by atoms with Crippen LogP contribution < -0.4 is 21.7 Å². The van der Waals surface area contributed by atoms with E-state index in [9.17, 15) is 34.5 Å². The van der Waals surface area contributed by atoms with Gasteiger partial charge in [0, 0.05) is 35.4 Å². The van der Waals surface area contributed by atoms with Gasteiger partial charge < -0.3 is 47.0 Å². The average molecular weight is 516 g/mol. The van der Waals surface area contributed by atoms with Crippen LogP contribution in [0.4, 0.5) is 0 Å². The molecule has 10 N–H and O–H groups in total. The summed E-state index contributed by atoms with van der Waals surface area (Å²) < 4.78 is 0. The largest absolute Gasteiger partial charge is 0.480 e. The minimum Gasteiger partial charge on any atom is -0.480 e. The Morgan fingerprint density at radius 3 is 2.11 bits per heavy atom. The zero-order valence-electron chi connectivity index (χ0n) is 19.7. The number of aromatic nitrogens is 3. The number of hydrogen-bond acceptors (Lipinski definition) is 8. The standard InChI is InChI=1S/C23H29N7O7/c24-15(5-12-7-26-16-4-2-1-3-14(12)16)20(33)29-18(9-31)22(35)30-19(10-32)21(34)28-17(23(36)37)6-13-8-25-11-27-13/h1-4,7-8,11,15,17-19,26,31-32H,5-6,9-10,24H2,(H,25,27)(H,28,34)(H,29,33)(H,30,35)(H,36,37). The van der Waals surface area contributed by atoms with E-state index in [1.165, 1.54) is 12.5 Å². The molecule has 0 radical (unpaired) electrons. The molecule has 3 amide bonds. The van der Waals surface area contributed by atoms with E-state index >= 15 is 0 Å². The normalized spacial score (nSPS) is 14.4. The van der Waals surface area contributed by atoms with E-state index in [2.05, 4.69) is 30.9 Å². The van der Waals surface area contributed by atoms with Gasteiger partial charge in [-0.3, -0.25) is 14.4 Å². The lowest BCUT2D eigenvalue weighted by molar-refractivity contribution is -0.142. The Balaban J connectivity index is 1.57. The predicted octanol–water partition coefficient (Wildman–Crippen LogP) is -2.47. The summed E-state index contributed by atoms with van der Waals surface area (Å²) in [6.45, 7) is -1.67. The number of nitrogens with zero attached hydrogens (tertiary/aromatic N) is 1. The van der Waals surface area contributed by atoms with Crippen LogP contribution in [0.25, 0.3) is 10.9 Å². The van der Waals surface area contributed by atoms with Gasteiger partial charge in [0.1, 0.15) is 18.1 Å². The Labute approximate surface area is 210 Å². The maximum Gasteiger partial charge on any atom is 0.326 e. The van der Waals surface area contributed by atoms with Gasteiger partial charge in [-0.1, -0.05) is 18.2 Å². The Hall–Kier alpha value is -4.27. The summed E-state index contributed by atoms with van der Waals surface area (Å²) in [6, 6.07) is 2.04. The number of para-hydroxylation sites is 1. The molecule has 0 saturated heterocycles. The number of aliphatic hydroxyl groups excluding tert-OH is 2. The summed E-state index contributed by atoms with van der Waals surface area (Å²) in [5, 5.41) is 36.3. The number of carbonyl (C=O) groups excluding carboxylic acids is 3. The first kappa shape index (κ1) is 27.3. The number of benzene rings is 1. The molecule has 0 aliphatic heterocycles. The van der Waals surface area contributed by atoms with Crippen molar-refractivity contribution >= 4 is 34.6 Å². The Bertz CT molecular complexity index is 1230. The topological polar surface area (TPSA) is 236 Å². The fourth-order valence-corrected chi connectivity index (χ4v) is 3.66. The Morgan fingerprint density at radius 2 is 1.51 bits per heavy atom. The summed E-state index contributed by atoms with van der Waals surface area (Å²) >= 11 is 0. The van der Waals surface area contributed by atoms with Gasteiger partial charge in [-0.05, 0) is 18.1 Å². The van der Waals surface area contributed by atoms with Crippen molar-refractivity contribution in [3.05, 3.63) is 54.2 Å². The summed E-state index contributed by atoms with van der Waals surface area (Å²) in [6.07, 6.45) is 4.52. The maximum absolute atomic E-state index is 12.6. The first-order valence-corrected chi connectivity index (χ1v) is 11.4. The number of aliphatic carboxylic acids is 1.